The molecule has 0 aliphatic heterocycles. The van der Waals surface area contributed by atoms with E-state index >= 15 is 0 Å². The summed E-state index contributed by atoms with van der Waals surface area (Å²) in [5.74, 6) is -0.155. The lowest BCUT2D eigenvalue weighted by atomic mass is 10.2. The number of halogens is 1. The predicted octanol–water partition coefficient (Wildman–Crippen LogP) is 2.72. The molecule has 0 saturated heterocycles. The van der Waals surface area contributed by atoms with Crippen LogP contribution in [0.5, 0.6) is 0 Å². The summed E-state index contributed by atoms with van der Waals surface area (Å²) >= 11 is 6.09. The van der Waals surface area contributed by atoms with Gasteiger partial charge < -0.3 is 10.2 Å². The van der Waals surface area contributed by atoms with Crippen molar-refractivity contribution in [3.05, 3.63) is 28.8 Å². The van der Waals surface area contributed by atoms with Crippen molar-refractivity contribution >= 4 is 23.2 Å². The van der Waals surface area contributed by atoms with Crippen LogP contribution in [0.25, 0.3) is 0 Å². The number of carbonyl (C=O) groups is 1. The van der Waals surface area contributed by atoms with Crippen molar-refractivity contribution in [3.63, 3.8) is 0 Å². The highest BCUT2D eigenvalue weighted by Gasteiger charge is 2.13. The number of aryl methyl sites for hydroxylation is 1. The molecule has 0 radical (unpaired) electrons. The maximum atomic E-state index is 12.1. The van der Waals surface area contributed by atoms with Crippen LogP contribution in [0.1, 0.15) is 18.4 Å². The summed E-state index contributed by atoms with van der Waals surface area (Å²) in [5.41, 5.74) is 1.73. The van der Waals surface area contributed by atoms with Crippen molar-refractivity contribution in [2.75, 3.05) is 25.0 Å². The van der Waals surface area contributed by atoms with Gasteiger partial charge in [-0.3, -0.25) is 4.79 Å². The topological polar surface area (TPSA) is 79.9 Å². The van der Waals surface area contributed by atoms with E-state index in [-0.39, 0.29) is 25.3 Å². The number of nitriles is 2. The highest BCUT2D eigenvalue weighted by atomic mass is 35.5. The van der Waals surface area contributed by atoms with Crippen LogP contribution >= 0.6 is 11.6 Å². The van der Waals surface area contributed by atoms with Gasteiger partial charge in [-0.15, -0.1) is 0 Å². The van der Waals surface area contributed by atoms with Crippen LogP contribution in [0.4, 0.5) is 5.69 Å². The van der Waals surface area contributed by atoms with Crippen LogP contribution in [0.3, 0.4) is 0 Å². The lowest BCUT2D eigenvalue weighted by Crippen LogP contribution is -2.37. The number of nitrogens with one attached hydrogen (secondary N) is 1. The Bertz CT molecular complexity index is 556. The first kappa shape index (κ1) is 16.8. The second kappa shape index (κ2) is 8.84. The van der Waals surface area contributed by atoms with E-state index in [0.29, 0.717) is 23.8 Å². The molecular formula is C15H17ClN4O. The molecule has 0 aromatic heterocycles. The maximum absolute atomic E-state index is 12.1. The average molecular weight is 305 g/mol. The SMILES string of the molecule is Cc1ccc(NCC(=O)N(CCC#N)CCC#N)c(Cl)c1. The van der Waals surface area contributed by atoms with Crippen molar-refractivity contribution in [1.29, 1.82) is 10.5 Å². The highest BCUT2D eigenvalue weighted by molar-refractivity contribution is 6.33. The minimum atomic E-state index is -0.155. The molecule has 0 fully saturated rings. The van der Waals surface area contributed by atoms with E-state index < -0.39 is 0 Å². The van der Waals surface area contributed by atoms with Crippen LogP contribution in [-0.2, 0) is 4.79 Å². The summed E-state index contributed by atoms with van der Waals surface area (Å²) in [4.78, 5) is 13.6. The van der Waals surface area contributed by atoms with E-state index in [2.05, 4.69) is 5.32 Å². The number of hydrogen-bond acceptors (Lipinski definition) is 4. The van der Waals surface area contributed by atoms with Gasteiger partial charge in [-0.05, 0) is 24.6 Å². The number of amides is 1. The molecule has 1 rings (SSSR count). The Morgan fingerprint density at radius 1 is 1.29 bits per heavy atom. The van der Waals surface area contributed by atoms with Crippen molar-refractivity contribution in [2.24, 2.45) is 0 Å². The standard InChI is InChI=1S/C15H17ClN4O/c1-12-4-5-14(13(16)10-12)19-11-15(21)20(8-2-6-17)9-3-7-18/h4-5,10,19H,2-3,8-9,11H2,1H3. The summed E-state index contributed by atoms with van der Waals surface area (Å²) in [6.07, 6.45) is 0.505. The van der Waals surface area contributed by atoms with Gasteiger partial charge in [0.1, 0.15) is 0 Å². The van der Waals surface area contributed by atoms with E-state index in [4.69, 9.17) is 22.1 Å². The summed E-state index contributed by atoms with van der Waals surface area (Å²) in [6.45, 7) is 2.69. The van der Waals surface area contributed by atoms with Crippen molar-refractivity contribution in [2.45, 2.75) is 19.8 Å². The van der Waals surface area contributed by atoms with Crippen molar-refractivity contribution in [3.8, 4) is 12.1 Å². The van der Waals surface area contributed by atoms with Gasteiger partial charge >= 0.3 is 0 Å². The number of benzene rings is 1. The van der Waals surface area contributed by atoms with Crippen LogP contribution in [0, 0.1) is 29.6 Å². The lowest BCUT2D eigenvalue weighted by molar-refractivity contribution is -0.129. The highest BCUT2D eigenvalue weighted by Crippen LogP contribution is 2.22. The van der Waals surface area contributed by atoms with Crippen molar-refractivity contribution in [1.82, 2.24) is 4.90 Å². The van der Waals surface area contributed by atoms with Crippen LogP contribution in [0.2, 0.25) is 5.02 Å². The van der Waals surface area contributed by atoms with Gasteiger partial charge in [-0.1, -0.05) is 17.7 Å². The molecule has 0 aliphatic rings. The molecular weight excluding hydrogens is 288 g/mol. The van der Waals surface area contributed by atoms with Gasteiger partial charge in [0.15, 0.2) is 0 Å². The van der Waals surface area contributed by atoms with Gasteiger partial charge in [-0.2, -0.15) is 10.5 Å². The molecule has 0 saturated carbocycles. The van der Waals surface area contributed by atoms with E-state index in [1.807, 2.05) is 37.3 Å². The zero-order valence-corrected chi connectivity index (χ0v) is 12.7. The van der Waals surface area contributed by atoms with Crippen LogP contribution in [0.15, 0.2) is 18.2 Å². The fraction of sp³-hybridized carbons (Fsp3) is 0.400. The average Bonchev–Trinajstić information content (AvgIpc) is 2.46. The van der Waals surface area contributed by atoms with Gasteiger partial charge in [0.2, 0.25) is 5.91 Å². The summed E-state index contributed by atoms with van der Waals surface area (Å²) in [7, 11) is 0. The zero-order chi connectivity index (χ0) is 15.7. The Kier molecular flexibility index (Phi) is 7.08. The Morgan fingerprint density at radius 3 is 2.43 bits per heavy atom. The fourth-order valence-electron chi connectivity index (χ4n) is 1.78. The third-order valence-corrected chi connectivity index (χ3v) is 3.21. The maximum Gasteiger partial charge on any atom is 0.241 e. The first-order valence-corrected chi connectivity index (χ1v) is 6.98. The molecule has 0 aliphatic carbocycles. The second-order valence-corrected chi connectivity index (χ2v) is 4.94. The molecule has 0 atom stereocenters. The Hall–Kier alpha value is -2.24. The minimum Gasteiger partial charge on any atom is -0.375 e. The lowest BCUT2D eigenvalue weighted by Gasteiger charge is -2.21. The van der Waals surface area contributed by atoms with Crippen LogP contribution in [-0.4, -0.2) is 30.4 Å². The molecule has 0 heterocycles. The Balaban J connectivity index is 2.60. The van der Waals surface area contributed by atoms with Crippen molar-refractivity contribution < 1.29 is 4.79 Å². The molecule has 1 amide bonds. The molecule has 110 valence electrons. The van der Waals surface area contributed by atoms with E-state index in [0.717, 1.165) is 5.56 Å². The van der Waals surface area contributed by atoms with Crippen LogP contribution < -0.4 is 5.32 Å². The van der Waals surface area contributed by atoms with Gasteiger partial charge in [0.25, 0.3) is 0 Å². The largest absolute Gasteiger partial charge is 0.375 e. The van der Waals surface area contributed by atoms with Gasteiger partial charge in [-0.25, -0.2) is 0 Å². The molecule has 0 bridgehead atoms. The van der Waals surface area contributed by atoms with E-state index in [1.165, 1.54) is 4.90 Å². The van der Waals surface area contributed by atoms with E-state index in [1.54, 1.807) is 0 Å². The first-order chi connectivity index (χ1) is 10.1. The minimum absolute atomic E-state index is 0.0830. The number of carbonyl (C=O) groups excluding carboxylic acids is 1. The fourth-order valence-corrected chi connectivity index (χ4v) is 2.08. The Morgan fingerprint density at radius 2 is 1.90 bits per heavy atom. The third kappa shape index (κ3) is 5.72. The molecule has 1 aromatic rings. The second-order valence-electron chi connectivity index (χ2n) is 4.53. The predicted molar refractivity (Wildman–Crippen MR) is 81.7 cm³/mol. The zero-order valence-electron chi connectivity index (χ0n) is 11.9. The monoisotopic (exact) mass is 304 g/mol. The molecule has 21 heavy (non-hydrogen) atoms. The number of rotatable bonds is 7. The number of anilines is 1. The van der Waals surface area contributed by atoms with Gasteiger partial charge in [0, 0.05) is 13.1 Å². The molecule has 0 spiro atoms. The summed E-state index contributed by atoms with van der Waals surface area (Å²) < 4.78 is 0. The molecule has 1 N–H and O–H groups in total. The molecule has 1 aromatic carbocycles. The smallest absolute Gasteiger partial charge is 0.241 e. The molecule has 0 unspecified atom stereocenters. The number of hydrogen-bond donors (Lipinski definition) is 1. The van der Waals surface area contributed by atoms with E-state index in [9.17, 15) is 4.79 Å². The molecule has 6 heteroatoms. The first-order valence-electron chi connectivity index (χ1n) is 6.60. The summed E-state index contributed by atoms with van der Waals surface area (Å²) in [6, 6.07) is 9.54. The molecule has 5 nitrogen and oxygen atoms in total. The number of nitrogens with zero attached hydrogens (tertiary/aromatic N) is 3. The van der Waals surface area contributed by atoms with Gasteiger partial charge in [0.05, 0.1) is 42.2 Å². The quantitative estimate of drug-likeness (QED) is 0.840. The normalized spacial score (nSPS) is 9.52. The summed E-state index contributed by atoms with van der Waals surface area (Å²) in [5, 5.41) is 20.8. The Labute approximate surface area is 129 Å². The third-order valence-electron chi connectivity index (χ3n) is 2.89.